The molecule has 0 aromatic carbocycles. The Morgan fingerprint density at radius 3 is 2.79 bits per heavy atom. The van der Waals surface area contributed by atoms with Crippen LogP contribution in [-0.2, 0) is 0 Å². The van der Waals surface area contributed by atoms with Crippen molar-refractivity contribution >= 4 is 11.7 Å². The van der Waals surface area contributed by atoms with Crippen molar-refractivity contribution in [1.29, 1.82) is 0 Å². The van der Waals surface area contributed by atoms with E-state index >= 15 is 0 Å². The summed E-state index contributed by atoms with van der Waals surface area (Å²) in [5.74, 6) is 0.00358. The largest absolute Gasteiger partial charge is 0.410 e. The van der Waals surface area contributed by atoms with Crippen LogP contribution in [0.2, 0.25) is 0 Å². The fraction of sp³-hybridized carbons (Fsp3) is 0.667. The van der Waals surface area contributed by atoms with E-state index in [1.54, 1.807) is 17.9 Å². The molecule has 1 fully saturated rings. The third-order valence-corrected chi connectivity index (χ3v) is 5.74. The zero-order chi connectivity index (χ0) is 20.8. The van der Waals surface area contributed by atoms with Crippen molar-refractivity contribution in [2.24, 2.45) is 0 Å². The number of halogens is 3. The molecule has 2 aliphatic heterocycles. The predicted octanol–water partition coefficient (Wildman–Crippen LogP) is 3.64. The summed E-state index contributed by atoms with van der Waals surface area (Å²) < 4.78 is 46.6. The molecule has 2 aromatic rings. The number of aromatic nitrogens is 4. The molecule has 11 heteroatoms. The van der Waals surface area contributed by atoms with E-state index in [1.807, 2.05) is 6.92 Å². The fourth-order valence-electron chi connectivity index (χ4n) is 4.14. The quantitative estimate of drug-likeness (QED) is 0.828. The van der Waals surface area contributed by atoms with Crippen molar-refractivity contribution in [2.75, 3.05) is 11.9 Å². The van der Waals surface area contributed by atoms with Gasteiger partial charge in [-0.25, -0.2) is 9.31 Å². The molecule has 0 saturated carbocycles. The standard InChI is InChI=1S/C18H23F3N6O2/c1-3-11-8-14(18(19,20)21)27-15(22-11)9-12(23-27)13-6-4-5-7-26(13)17(28)16-10(2)24-29-25-16/h9,11,13-14,22H,3-8H2,1-2H3/t11-,13+,14-/m1/s1. The number of alkyl halides is 3. The number of carbonyl (C=O) groups excluding carboxylic acids is 1. The highest BCUT2D eigenvalue weighted by atomic mass is 19.4. The van der Waals surface area contributed by atoms with Crippen molar-refractivity contribution in [1.82, 2.24) is 25.0 Å². The van der Waals surface area contributed by atoms with Gasteiger partial charge in [-0.05, 0) is 44.2 Å². The van der Waals surface area contributed by atoms with Crippen LogP contribution in [0.4, 0.5) is 19.0 Å². The third kappa shape index (κ3) is 3.58. The van der Waals surface area contributed by atoms with E-state index in [1.165, 1.54) is 0 Å². The average molecular weight is 412 g/mol. The van der Waals surface area contributed by atoms with E-state index < -0.39 is 18.3 Å². The molecule has 2 aromatic heterocycles. The number of carbonyl (C=O) groups is 1. The number of amides is 1. The van der Waals surface area contributed by atoms with Gasteiger partial charge in [-0.3, -0.25) is 4.79 Å². The summed E-state index contributed by atoms with van der Waals surface area (Å²) in [7, 11) is 0. The van der Waals surface area contributed by atoms with E-state index in [2.05, 4.69) is 25.4 Å². The summed E-state index contributed by atoms with van der Waals surface area (Å²) >= 11 is 0. The van der Waals surface area contributed by atoms with Crippen LogP contribution in [0.25, 0.3) is 0 Å². The number of hydrogen-bond acceptors (Lipinski definition) is 6. The second kappa shape index (κ2) is 7.34. The van der Waals surface area contributed by atoms with Gasteiger partial charge in [0.1, 0.15) is 11.5 Å². The van der Waals surface area contributed by atoms with Gasteiger partial charge in [0.25, 0.3) is 5.91 Å². The van der Waals surface area contributed by atoms with Gasteiger partial charge in [0.2, 0.25) is 0 Å². The molecule has 0 unspecified atom stereocenters. The second-order valence-corrected chi connectivity index (χ2v) is 7.65. The first-order valence-corrected chi connectivity index (χ1v) is 9.82. The van der Waals surface area contributed by atoms with Gasteiger partial charge in [-0.1, -0.05) is 12.1 Å². The van der Waals surface area contributed by atoms with Crippen molar-refractivity contribution in [3.63, 3.8) is 0 Å². The summed E-state index contributed by atoms with van der Waals surface area (Å²) in [5.41, 5.74) is 0.965. The maximum absolute atomic E-state index is 13.6. The van der Waals surface area contributed by atoms with Crippen LogP contribution in [0.1, 0.15) is 73.0 Å². The Morgan fingerprint density at radius 1 is 1.34 bits per heavy atom. The SMILES string of the molecule is CC[C@@H]1C[C@H](C(F)(F)F)n2nc([C@@H]3CCCCN3C(=O)c3nonc3C)cc2N1. The Morgan fingerprint density at radius 2 is 2.14 bits per heavy atom. The lowest BCUT2D eigenvalue weighted by atomic mass is 9.98. The van der Waals surface area contributed by atoms with Crippen molar-refractivity contribution in [3.8, 4) is 0 Å². The number of nitrogens with one attached hydrogen (secondary N) is 1. The molecule has 1 amide bonds. The molecular formula is C18H23F3N6O2. The van der Waals surface area contributed by atoms with Gasteiger partial charge < -0.3 is 10.2 Å². The molecule has 3 atom stereocenters. The predicted molar refractivity (Wildman–Crippen MR) is 96.3 cm³/mol. The zero-order valence-electron chi connectivity index (χ0n) is 16.2. The minimum absolute atomic E-state index is 0.0643. The highest BCUT2D eigenvalue weighted by Gasteiger charge is 2.46. The molecule has 4 heterocycles. The van der Waals surface area contributed by atoms with E-state index in [0.717, 1.165) is 17.5 Å². The highest BCUT2D eigenvalue weighted by Crippen LogP contribution is 2.42. The van der Waals surface area contributed by atoms with E-state index in [4.69, 9.17) is 0 Å². The van der Waals surface area contributed by atoms with E-state index in [0.29, 0.717) is 36.6 Å². The topological polar surface area (TPSA) is 89.1 Å². The van der Waals surface area contributed by atoms with Crippen molar-refractivity contribution in [2.45, 2.75) is 70.3 Å². The molecule has 158 valence electrons. The number of fused-ring (bicyclic) bond motifs is 1. The Kier molecular flexibility index (Phi) is 4.99. The summed E-state index contributed by atoms with van der Waals surface area (Å²) in [4.78, 5) is 14.6. The van der Waals surface area contributed by atoms with Crippen molar-refractivity contribution < 1.29 is 22.6 Å². The van der Waals surface area contributed by atoms with Gasteiger partial charge in [0.05, 0.1) is 11.7 Å². The van der Waals surface area contributed by atoms with Gasteiger partial charge >= 0.3 is 6.18 Å². The average Bonchev–Trinajstić information content (AvgIpc) is 3.31. The number of hydrogen-bond donors (Lipinski definition) is 1. The molecular weight excluding hydrogens is 389 g/mol. The van der Waals surface area contributed by atoms with Gasteiger partial charge in [-0.15, -0.1) is 0 Å². The Labute approximate surface area is 165 Å². The zero-order valence-corrected chi connectivity index (χ0v) is 16.2. The normalized spacial score (nSPS) is 24.9. The summed E-state index contributed by atoms with van der Waals surface area (Å²) in [5, 5.41) is 14.8. The molecule has 0 spiro atoms. The molecule has 8 nitrogen and oxygen atoms in total. The highest BCUT2D eigenvalue weighted by molar-refractivity contribution is 5.93. The van der Waals surface area contributed by atoms with Crippen LogP contribution in [-0.4, -0.2) is 49.7 Å². The Bertz CT molecular complexity index is 893. The number of likely N-dealkylation sites (tertiary alicyclic amines) is 1. The summed E-state index contributed by atoms with van der Waals surface area (Å²) in [6.45, 7) is 3.96. The Hall–Kier alpha value is -2.59. The van der Waals surface area contributed by atoms with Gasteiger partial charge in [0, 0.05) is 18.7 Å². The lowest BCUT2D eigenvalue weighted by Crippen LogP contribution is -2.40. The minimum atomic E-state index is -4.39. The molecule has 1 saturated heterocycles. The van der Waals surface area contributed by atoms with Crippen LogP contribution < -0.4 is 5.32 Å². The smallest absolute Gasteiger partial charge is 0.367 e. The molecule has 4 rings (SSSR count). The lowest BCUT2D eigenvalue weighted by Gasteiger charge is -2.34. The molecule has 0 aliphatic carbocycles. The monoisotopic (exact) mass is 412 g/mol. The molecule has 1 N–H and O–H groups in total. The lowest BCUT2D eigenvalue weighted by molar-refractivity contribution is -0.173. The van der Waals surface area contributed by atoms with Crippen LogP contribution in [0, 0.1) is 6.92 Å². The van der Waals surface area contributed by atoms with Crippen LogP contribution >= 0.6 is 0 Å². The summed E-state index contributed by atoms with van der Waals surface area (Å²) in [6.07, 6.45) is -1.58. The summed E-state index contributed by atoms with van der Waals surface area (Å²) in [6, 6.07) is -0.718. The first-order valence-electron chi connectivity index (χ1n) is 9.82. The Balaban J connectivity index is 1.68. The third-order valence-electron chi connectivity index (χ3n) is 5.74. The number of rotatable bonds is 3. The number of anilines is 1. The number of nitrogens with zero attached hydrogens (tertiary/aromatic N) is 5. The minimum Gasteiger partial charge on any atom is -0.367 e. The fourth-order valence-corrected chi connectivity index (χ4v) is 4.14. The maximum atomic E-state index is 13.6. The first-order chi connectivity index (χ1) is 13.8. The maximum Gasteiger partial charge on any atom is 0.410 e. The molecule has 29 heavy (non-hydrogen) atoms. The number of piperidine rings is 1. The van der Waals surface area contributed by atoms with Gasteiger partial charge in [0.15, 0.2) is 11.7 Å². The number of aryl methyl sites for hydroxylation is 1. The molecule has 2 aliphatic rings. The second-order valence-electron chi connectivity index (χ2n) is 7.65. The van der Waals surface area contributed by atoms with Crippen molar-refractivity contribution in [3.05, 3.63) is 23.1 Å². The first kappa shape index (κ1) is 19.7. The van der Waals surface area contributed by atoms with Gasteiger partial charge in [-0.2, -0.15) is 18.3 Å². The van der Waals surface area contributed by atoms with E-state index in [9.17, 15) is 18.0 Å². The molecule has 0 radical (unpaired) electrons. The van der Waals surface area contributed by atoms with Crippen LogP contribution in [0.15, 0.2) is 10.7 Å². The molecule has 0 bridgehead atoms. The van der Waals surface area contributed by atoms with E-state index in [-0.39, 0.29) is 24.1 Å². The van der Waals surface area contributed by atoms with Crippen LogP contribution in [0.3, 0.4) is 0 Å². The van der Waals surface area contributed by atoms with Crippen LogP contribution in [0.5, 0.6) is 0 Å².